The summed E-state index contributed by atoms with van der Waals surface area (Å²) in [6.45, 7) is 3.93. The van der Waals surface area contributed by atoms with Gasteiger partial charge in [-0.2, -0.15) is 0 Å². The van der Waals surface area contributed by atoms with Crippen LogP contribution in [0.3, 0.4) is 0 Å². The number of carbonyl (C=O) groups is 2. The van der Waals surface area contributed by atoms with Crippen molar-refractivity contribution in [2.24, 2.45) is 0 Å². The average Bonchev–Trinajstić information content (AvgIpc) is 2.89. The maximum atomic E-state index is 12.7. The van der Waals surface area contributed by atoms with E-state index < -0.39 is 15.9 Å². The largest absolute Gasteiger partial charge is 0.321 e. The number of carbonyl (C=O) groups excluding carboxylic acids is 2. The van der Waals surface area contributed by atoms with Crippen molar-refractivity contribution >= 4 is 33.2 Å². The minimum atomic E-state index is -3.66. The first-order valence-electron chi connectivity index (χ1n) is 8.39. The Morgan fingerprint density at radius 1 is 1.19 bits per heavy atom. The molecule has 2 aromatic rings. The van der Waals surface area contributed by atoms with Gasteiger partial charge in [0.2, 0.25) is 15.9 Å². The molecule has 1 saturated heterocycles. The van der Waals surface area contributed by atoms with Crippen molar-refractivity contribution in [3.05, 3.63) is 59.2 Å². The van der Waals surface area contributed by atoms with Gasteiger partial charge in [-0.1, -0.05) is 31.2 Å². The lowest BCUT2D eigenvalue weighted by Crippen LogP contribution is -2.29. The highest BCUT2D eigenvalue weighted by Crippen LogP contribution is 2.27. The fourth-order valence-corrected chi connectivity index (χ4v) is 4.48. The number of sulfonamides is 1. The van der Waals surface area contributed by atoms with E-state index in [1.165, 1.54) is 12.1 Å². The van der Waals surface area contributed by atoms with E-state index in [1.807, 2.05) is 32.0 Å². The quantitative estimate of drug-likeness (QED) is 0.894. The summed E-state index contributed by atoms with van der Waals surface area (Å²) in [5, 5.41) is 2.90. The zero-order valence-electron chi connectivity index (χ0n) is 14.7. The van der Waals surface area contributed by atoms with E-state index in [0.717, 1.165) is 27.5 Å². The molecule has 0 bridgehead atoms. The molecule has 1 aliphatic rings. The van der Waals surface area contributed by atoms with E-state index in [9.17, 15) is 18.0 Å². The third-order valence-electron chi connectivity index (χ3n) is 4.40. The van der Waals surface area contributed by atoms with Gasteiger partial charge in [-0.15, -0.1) is 0 Å². The number of aryl methyl sites for hydroxylation is 2. The molecular formula is C19H20N2O4S. The summed E-state index contributed by atoms with van der Waals surface area (Å²) in [5.74, 6) is -1.03. The van der Waals surface area contributed by atoms with E-state index in [4.69, 9.17) is 0 Å². The molecular weight excluding hydrogens is 352 g/mol. The van der Waals surface area contributed by atoms with Crippen LogP contribution in [0.1, 0.15) is 34.8 Å². The molecule has 1 N–H and O–H groups in total. The molecule has 2 amide bonds. The molecule has 7 heteroatoms. The standard InChI is InChI=1S/C19H20N2O4S/c1-3-14-7-4-6-13(2)18(14)20-19(23)15-8-5-9-16(12-15)21-17(22)10-11-26(21,24)25/h4-9,12H,3,10-11H2,1-2H3,(H,20,23). The lowest BCUT2D eigenvalue weighted by molar-refractivity contribution is -0.116. The maximum Gasteiger partial charge on any atom is 0.255 e. The lowest BCUT2D eigenvalue weighted by atomic mass is 10.1. The molecule has 1 fully saturated rings. The molecule has 0 saturated carbocycles. The first-order valence-corrected chi connectivity index (χ1v) is 10.00. The number of anilines is 2. The molecule has 0 aromatic heterocycles. The second kappa shape index (κ2) is 6.92. The fraction of sp³-hybridized carbons (Fsp3) is 0.263. The number of hydrogen-bond donors (Lipinski definition) is 1. The van der Waals surface area contributed by atoms with E-state index in [1.54, 1.807) is 12.1 Å². The van der Waals surface area contributed by atoms with Gasteiger partial charge >= 0.3 is 0 Å². The van der Waals surface area contributed by atoms with Gasteiger partial charge in [-0.05, 0) is 42.7 Å². The summed E-state index contributed by atoms with van der Waals surface area (Å²) in [6, 6.07) is 11.9. The number of benzene rings is 2. The zero-order valence-corrected chi connectivity index (χ0v) is 15.5. The predicted octanol–water partition coefficient (Wildman–Crippen LogP) is 2.88. The summed E-state index contributed by atoms with van der Waals surface area (Å²) in [5.41, 5.74) is 3.22. The first-order chi connectivity index (χ1) is 12.3. The Hall–Kier alpha value is -2.67. The average molecular weight is 372 g/mol. The number of hydrogen-bond acceptors (Lipinski definition) is 4. The van der Waals surface area contributed by atoms with Crippen LogP contribution in [0.15, 0.2) is 42.5 Å². The van der Waals surface area contributed by atoms with Crippen molar-refractivity contribution < 1.29 is 18.0 Å². The Kier molecular flexibility index (Phi) is 4.82. The third-order valence-corrected chi connectivity index (χ3v) is 6.09. The van der Waals surface area contributed by atoms with E-state index in [0.29, 0.717) is 5.56 Å². The van der Waals surface area contributed by atoms with Crippen molar-refractivity contribution in [3.63, 3.8) is 0 Å². The number of rotatable bonds is 4. The second-order valence-electron chi connectivity index (χ2n) is 6.19. The monoisotopic (exact) mass is 372 g/mol. The highest BCUT2D eigenvalue weighted by Gasteiger charge is 2.36. The molecule has 0 radical (unpaired) electrons. The third kappa shape index (κ3) is 3.35. The van der Waals surface area contributed by atoms with Crippen LogP contribution in [-0.2, 0) is 21.2 Å². The van der Waals surface area contributed by atoms with Crippen LogP contribution >= 0.6 is 0 Å². The van der Waals surface area contributed by atoms with E-state index in [-0.39, 0.29) is 23.8 Å². The SMILES string of the molecule is CCc1cccc(C)c1NC(=O)c1cccc(N2C(=O)CCS2(=O)=O)c1. The Labute approximate surface area is 152 Å². The van der Waals surface area contributed by atoms with Crippen molar-refractivity contribution in [1.29, 1.82) is 0 Å². The van der Waals surface area contributed by atoms with Crippen molar-refractivity contribution in [2.45, 2.75) is 26.7 Å². The van der Waals surface area contributed by atoms with Gasteiger partial charge in [0.25, 0.3) is 5.91 Å². The van der Waals surface area contributed by atoms with E-state index in [2.05, 4.69) is 5.32 Å². The fourth-order valence-electron chi connectivity index (χ4n) is 3.03. The minimum absolute atomic E-state index is 0.0399. The van der Waals surface area contributed by atoms with Crippen molar-refractivity contribution in [2.75, 3.05) is 15.4 Å². The van der Waals surface area contributed by atoms with Crippen LogP contribution in [-0.4, -0.2) is 26.0 Å². The summed E-state index contributed by atoms with van der Waals surface area (Å²) in [7, 11) is -3.66. The predicted molar refractivity (Wildman–Crippen MR) is 101 cm³/mol. The molecule has 136 valence electrons. The molecule has 26 heavy (non-hydrogen) atoms. The van der Waals surface area contributed by atoms with Gasteiger partial charge < -0.3 is 5.32 Å². The van der Waals surface area contributed by atoms with Gasteiger partial charge in [-0.25, -0.2) is 12.7 Å². The Morgan fingerprint density at radius 3 is 2.58 bits per heavy atom. The highest BCUT2D eigenvalue weighted by molar-refractivity contribution is 7.94. The first kappa shape index (κ1) is 18.1. The number of para-hydroxylation sites is 1. The second-order valence-corrected chi connectivity index (χ2v) is 8.13. The van der Waals surface area contributed by atoms with E-state index >= 15 is 0 Å². The zero-order chi connectivity index (χ0) is 18.9. The number of nitrogens with zero attached hydrogens (tertiary/aromatic N) is 1. The smallest absolute Gasteiger partial charge is 0.255 e. The molecule has 1 heterocycles. The Bertz CT molecular complexity index is 983. The number of amides is 2. The van der Waals surface area contributed by atoms with Crippen molar-refractivity contribution in [1.82, 2.24) is 0 Å². The van der Waals surface area contributed by atoms with Crippen LogP contribution < -0.4 is 9.62 Å². The minimum Gasteiger partial charge on any atom is -0.321 e. The number of nitrogens with one attached hydrogen (secondary N) is 1. The molecule has 2 aromatic carbocycles. The van der Waals surface area contributed by atoms with Gasteiger partial charge in [0.15, 0.2) is 0 Å². The van der Waals surface area contributed by atoms with Gasteiger partial charge in [0, 0.05) is 17.7 Å². The molecule has 1 aliphatic heterocycles. The molecule has 0 atom stereocenters. The summed E-state index contributed by atoms with van der Waals surface area (Å²) >= 11 is 0. The molecule has 0 unspecified atom stereocenters. The van der Waals surface area contributed by atoms with Gasteiger partial charge in [0.1, 0.15) is 0 Å². The van der Waals surface area contributed by atoms with Crippen LogP contribution in [0.5, 0.6) is 0 Å². The summed E-state index contributed by atoms with van der Waals surface area (Å²) in [4.78, 5) is 24.6. The Balaban J connectivity index is 1.92. The highest BCUT2D eigenvalue weighted by atomic mass is 32.2. The lowest BCUT2D eigenvalue weighted by Gasteiger charge is -2.16. The summed E-state index contributed by atoms with van der Waals surface area (Å²) in [6.07, 6.45) is 0.736. The van der Waals surface area contributed by atoms with Gasteiger partial charge in [-0.3, -0.25) is 9.59 Å². The van der Waals surface area contributed by atoms with Crippen LogP contribution in [0.25, 0.3) is 0 Å². The molecule has 0 spiro atoms. The normalized spacial score (nSPS) is 15.9. The summed E-state index contributed by atoms with van der Waals surface area (Å²) < 4.78 is 24.9. The molecule has 3 rings (SSSR count). The van der Waals surface area contributed by atoms with Crippen LogP contribution in [0.2, 0.25) is 0 Å². The van der Waals surface area contributed by atoms with Crippen molar-refractivity contribution in [3.8, 4) is 0 Å². The van der Waals surface area contributed by atoms with Gasteiger partial charge in [0.05, 0.1) is 11.4 Å². The maximum absolute atomic E-state index is 12.7. The topological polar surface area (TPSA) is 83.6 Å². The van der Waals surface area contributed by atoms with Crippen LogP contribution in [0, 0.1) is 6.92 Å². The molecule has 6 nitrogen and oxygen atoms in total. The van der Waals surface area contributed by atoms with Crippen LogP contribution in [0.4, 0.5) is 11.4 Å². The molecule has 0 aliphatic carbocycles. The Morgan fingerprint density at radius 2 is 1.92 bits per heavy atom.